The first-order valence-electron chi connectivity index (χ1n) is 4.68. The molecule has 0 radical (unpaired) electrons. The van der Waals surface area contributed by atoms with Crippen molar-refractivity contribution in [1.29, 1.82) is 0 Å². The number of hydrogen-bond acceptors (Lipinski definition) is 3. The quantitative estimate of drug-likeness (QED) is 0.870. The van der Waals surface area contributed by atoms with Crippen LogP contribution in [0, 0.1) is 13.8 Å². The SMILES string of the molecule is Cc1nc(Cl)c(C)n1CC(=O)O.O=C(O)C(F)(F)F. The van der Waals surface area contributed by atoms with Gasteiger partial charge < -0.3 is 14.8 Å². The van der Waals surface area contributed by atoms with Crippen LogP contribution in [0.2, 0.25) is 5.15 Å². The van der Waals surface area contributed by atoms with Crippen LogP contribution < -0.4 is 0 Å². The molecular weight excluding hydrogens is 293 g/mol. The molecule has 1 rings (SSSR count). The molecule has 10 heteroatoms. The Kier molecular flexibility index (Phi) is 5.81. The lowest BCUT2D eigenvalue weighted by Gasteiger charge is -2.02. The molecule has 108 valence electrons. The van der Waals surface area contributed by atoms with Gasteiger partial charge in [0.15, 0.2) is 0 Å². The molecule has 0 aliphatic carbocycles. The van der Waals surface area contributed by atoms with Crippen LogP contribution in [0.15, 0.2) is 0 Å². The fraction of sp³-hybridized carbons (Fsp3) is 0.444. The number of rotatable bonds is 2. The molecule has 0 atom stereocenters. The molecule has 0 amide bonds. The van der Waals surface area contributed by atoms with Crippen molar-refractivity contribution in [3.63, 3.8) is 0 Å². The lowest BCUT2D eigenvalue weighted by Crippen LogP contribution is -2.21. The van der Waals surface area contributed by atoms with Crippen LogP contribution in [0.4, 0.5) is 13.2 Å². The molecule has 0 aliphatic heterocycles. The van der Waals surface area contributed by atoms with Gasteiger partial charge in [-0.25, -0.2) is 9.78 Å². The highest BCUT2D eigenvalue weighted by Gasteiger charge is 2.38. The zero-order valence-corrected chi connectivity index (χ0v) is 10.6. The molecular formula is C9H10ClF3N2O4. The lowest BCUT2D eigenvalue weighted by molar-refractivity contribution is -0.192. The average molecular weight is 303 g/mol. The summed E-state index contributed by atoms with van der Waals surface area (Å²) in [7, 11) is 0. The maximum absolute atomic E-state index is 10.6. The fourth-order valence-electron chi connectivity index (χ4n) is 1.01. The smallest absolute Gasteiger partial charge is 0.480 e. The van der Waals surface area contributed by atoms with E-state index in [4.69, 9.17) is 26.6 Å². The van der Waals surface area contributed by atoms with E-state index in [1.165, 1.54) is 0 Å². The van der Waals surface area contributed by atoms with Gasteiger partial charge in [0.1, 0.15) is 17.5 Å². The zero-order chi connectivity index (χ0) is 15.4. The molecule has 0 saturated heterocycles. The van der Waals surface area contributed by atoms with Crippen molar-refractivity contribution in [1.82, 2.24) is 9.55 Å². The van der Waals surface area contributed by atoms with E-state index in [0.717, 1.165) is 0 Å². The normalized spacial score (nSPS) is 10.6. The second kappa shape index (κ2) is 6.41. The first kappa shape index (κ1) is 17.2. The van der Waals surface area contributed by atoms with E-state index in [2.05, 4.69) is 4.98 Å². The monoisotopic (exact) mass is 302 g/mol. The minimum Gasteiger partial charge on any atom is -0.480 e. The van der Waals surface area contributed by atoms with E-state index < -0.39 is 18.1 Å². The van der Waals surface area contributed by atoms with Gasteiger partial charge in [-0.2, -0.15) is 13.2 Å². The number of imidazole rings is 1. The number of alkyl halides is 3. The van der Waals surface area contributed by atoms with Crippen molar-refractivity contribution in [2.24, 2.45) is 0 Å². The highest BCUT2D eigenvalue weighted by Crippen LogP contribution is 2.15. The van der Waals surface area contributed by atoms with Crippen molar-refractivity contribution in [2.45, 2.75) is 26.6 Å². The fourth-order valence-corrected chi connectivity index (χ4v) is 1.23. The minimum absolute atomic E-state index is 0.0859. The summed E-state index contributed by atoms with van der Waals surface area (Å²) in [6, 6.07) is 0. The third-order valence-corrected chi connectivity index (χ3v) is 2.25. The third kappa shape index (κ3) is 5.60. The number of halogens is 4. The lowest BCUT2D eigenvalue weighted by atomic mass is 10.5. The first-order chi connectivity index (χ1) is 8.46. The summed E-state index contributed by atoms with van der Waals surface area (Å²) in [5, 5.41) is 16.0. The molecule has 19 heavy (non-hydrogen) atoms. The summed E-state index contributed by atoms with van der Waals surface area (Å²) in [5.74, 6) is -3.03. The second-order valence-electron chi connectivity index (χ2n) is 3.32. The number of aliphatic carboxylic acids is 2. The maximum Gasteiger partial charge on any atom is 0.490 e. The van der Waals surface area contributed by atoms with E-state index in [1.54, 1.807) is 18.4 Å². The Bertz CT molecular complexity index is 485. The molecule has 0 unspecified atom stereocenters. The molecule has 1 heterocycles. The molecule has 6 nitrogen and oxygen atoms in total. The number of aromatic nitrogens is 2. The standard InChI is InChI=1S/C7H9ClN2O2.C2HF3O2/c1-4-7(8)9-5(2)10(4)3-6(11)12;3-2(4,5)1(6)7/h3H2,1-2H3,(H,11,12);(H,6,7). The van der Waals surface area contributed by atoms with Crippen molar-refractivity contribution < 1.29 is 33.0 Å². The Labute approximate surface area is 110 Å². The predicted molar refractivity (Wildman–Crippen MR) is 58.0 cm³/mol. The average Bonchev–Trinajstić information content (AvgIpc) is 2.44. The summed E-state index contributed by atoms with van der Waals surface area (Å²) in [6.07, 6.45) is -5.08. The van der Waals surface area contributed by atoms with Crippen LogP contribution in [-0.4, -0.2) is 37.9 Å². The van der Waals surface area contributed by atoms with Gasteiger partial charge in [-0.1, -0.05) is 11.6 Å². The van der Waals surface area contributed by atoms with Gasteiger partial charge in [-0.3, -0.25) is 4.79 Å². The number of carboxylic acid groups (broad SMARTS) is 2. The summed E-state index contributed by atoms with van der Waals surface area (Å²) in [4.78, 5) is 23.2. The van der Waals surface area contributed by atoms with Crippen LogP contribution >= 0.6 is 11.6 Å². The second-order valence-corrected chi connectivity index (χ2v) is 3.68. The molecule has 0 fully saturated rings. The Morgan fingerprint density at radius 3 is 1.95 bits per heavy atom. The zero-order valence-electron chi connectivity index (χ0n) is 9.82. The molecule has 0 bridgehead atoms. The van der Waals surface area contributed by atoms with Gasteiger partial charge >= 0.3 is 18.1 Å². The molecule has 2 N–H and O–H groups in total. The predicted octanol–water partition coefficient (Wildman–Crippen LogP) is 1.87. The van der Waals surface area contributed by atoms with E-state index in [9.17, 15) is 18.0 Å². The van der Waals surface area contributed by atoms with Crippen LogP contribution in [0.25, 0.3) is 0 Å². The topological polar surface area (TPSA) is 92.4 Å². The van der Waals surface area contributed by atoms with E-state index in [1.807, 2.05) is 0 Å². The Hall–Kier alpha value is -1.77. The van der Waals surface area contributed by atoms with E-state index >= 15 is 0 Å². The van der Waals surface area contributed by atoms with Gasteiger partial charge in [-0.15, -0.1) is 0 Å². The molecule has 0 aromatic carbocycles. The summed E-state index contributed by atoms with van der Waals surface area (Å²) < 4.78 is 33.3. The Morgan fingerprint density at radius 1 is 1.32 bits per heavy atom. The molecule has 0 aliphatic rings. The van der Waals surface area contributed by atoms with Gasteiger partial charge in [0, 0.05) is 0 Å². The van der Waals surface area contributed by atoms with Crippen molar-refractivity contribution >= 4 is 23.5 Å². The van der Waals surface area contributed by atoms with Crippen LogP contribution in [0.1, 0.15) is 11.5 Å². The van der Waals surface area contributed by atoms with E-state index in [-0.39, 0.29) is 6.54 Å². The highest BCUT2D eigenvalue weighted by molar-refractivity contribution is 6.30. The van der Waals surface area contributed by atoms with Crippen LogP contribution in [-0.2, 0) is 16.1 Å². The van der Waals surface area contributed by atoms with Gasteiger partial charge in [-0.05, 0) is 13.8 Å². The Morgan fingerprint density at radius 2 is 1.74 bits per heavy atom. The molecule has 1 aromatic heterocycles. The number of carbonyl (C=O) groups is 2. The molecule has 0 spiro atoms. The maximum atomic E-state index is 10.6. The largest absolute Gasteiger partial charge is 0.490 e. The number of aryl methyl sites for hydroxylation is 1. The van der Waals surface area contributed by atoms with Gasteiger partial charge in [0.25, 0.3) is 0 Å². The van der Waals surface area contributed by atoms with Crippen molar-refractivity contribution in [3.8, 4) is 0 Å². The highest BCUT2D eigenvalue weighted by atomic mass is 35.5. The number of carboxylic acids is 2. The molecule has 0 saturated carbocycles. The van der Waals surface area contributed by atoms with Crippen molar-refractivity contribution in [3.05, 3.63) is 16.7 Å². The van der Waals surface area contributed by atoms with Crippen LogP contribution in [0.3, 0.4) is 0 Å². The first-order valence-corrected chi connectivity index (χ1v) is 5.05. The van der Waals surface area contributed by atoms with E-state index in [0.29, 0.717) is 16.7 Å². The number of hydrogen-bond donors (Lipinski definition) is 2. The summed E-state index contributed by atoms with van der Waals surface area (Å²) in [5.41, 5.74) is 0.691. The number of nitrogens with zero attached hydrogens (tertiary/aromatic N) is 2. The van der Waals surface area contributed by atoms with Crippen LogP contribution in [0.5, 0.6) is 0 Å². The minimum atomic E-state index is -5.08. The Balaban J connectivity index is 0.000000399. The third-order valence-electron chi connectivity index (χ3n) is 1.89. The summed E-state index contributed by atoms with van der Waals surface area (Å²) in [6.45, 7) is 3.38. The molecule has 1 aromatic rings. The van der Waals surface area contributed by atoms with Gasteiger partial charge in [0.2, 0.25) is 0 Å². The van der Waals surface area contributed by atoms with Gasteiger partial charge in [0.05, 0.1) is 5.69 Å². The van der Waals surface area contributed by atoms with Crippen molar-refractivity contribution in [2.75, 3.05) is 0 Å². The summed E-state index contributed by atoms with van der Waals surface area (Å²) >= 11 is 5.69.